The molecule has 0 atom stereocenters. The summed E-state index contributed by atoms with van der Waals surface area (Å²) in [6, 6.07) is 14.1. The minimum Gasteiger partial charge on any atom is -0.494 e. The van der Waals surface area contributed by atoms with Crippen LogP contribution in [0.5, 0.6) is 17.2 Å². The summed E-state index contributed by atoms with van der Waals surface area (Å²) >= 11 is 0. The number of rotatable bonds is 11. The van der Waals surface area contributed by atoms with E-state index in [-0.39, 0.29) is 34.0 Å². The molecular formula is C28H32N2O8S. The number of methoxy groups -OCH3 is 3. The number of hydrogen-bond acceptors (Lipinski definition) is 8. The Hall–Kier alpha value is -4.09. The molecule has 0 spiro atoms. The normalized spacial score (nSPS) is 11.2. The molecule has 0 aliphatic heterocycles. The Morgan fingerprint density at radius 3 is 2.13 bits per heavy atom. The number of carbonyl (C=O) groups is 2. The van der Waals surface area contributed by atoms with Crippen LogP contribution in [0.2, 0.25) is 0 Å². The Labute approximate surface area is 228 Å². The van der Waals surface area contributed by atoms with Crippen molar-refractivity contribution in [3.05, 3.63) is 76.9 Å². The van der Waals surface area contributed by atoms with Gasteiger partial charge in [-0.15, -0.1) is 0 Å². The van der Waals surface area contributed by atoms with Crippen LogP contribution >= 0.6 is 0 Å². The molecule has 0 heterocycles. The average Bonchev–Trinajstić information content (AvgIpc) is 2.93. The van der Waals surface area contributed by atoms with Gasteiger partial charge in [0.15, 0.2) is 11.5 Å². The molecule has 3 aromatic rings. The molecule has 39 heavy (non-hydrogen) atoms. The van der Waals surface area contributed by atoms with E-state index in [1.165, 1.54) is 44.8 Å². The molecule has 1 amide bonds. The van der Waals surface area contributed by atoms with Crippen molar-refractivity contribution in [2.24, 2.45) is 0 Å². The van der Waals surface area contributed by atoms with Gasteiger partial charge in [0, 0.05) is 36.9 Å². The minimum atomic E-state index is -3.80. The molecule has 3 rings (SSSR count). The molecule has 1 N–H and O–H groups in total. The molecule has 0 saturated carbocycles. The summed E-state index contributed by atoms with van der Waals surface area (Å²) in [5, 5.41) is 2.71. The standard InChI is InChI=1S/C28H32N2O8S/c1-7-38-24-13-10-19(14-20(24)17-30(3)39(33,34)21-11-8-18(2)9-12-21)27(31)29-23-16-26(36-5)25(35-4)15-22(23)28(32)37-6/h8-16H,7,17H2,1-6H3,(H,29,31). The lowest BCUT2D eigenvalue weighted by molar-refractivity contribution is 0.0601. The summed E-state index contributed by atoms with van der Waals surface area (Å²) < 4.78 is 48.6. The van der Waals surface area contributed by atoms with Crippen molar-refractivity contribution in [1.29, 1.82) is 0 Å². The number of esters is 1. The second kappa shape index (κ2) is 12.6. The van der Waals surface area contributed by atoms with Crippen molar-refractivity contribution in [1.82, 2.24) is 4.31 Å². The van der Waals surface area contributed by atoms with E-state index in [1.54, 1.807) is 42.5 Å². The third-order valence-corrected chi connectivity index (χ3v) is 7.74. The summed E-state index contributed by atoms with van der Waals surface area (Å²) in [7, 11) is 1.75. The van der Waals surface area contributed by atoms with E-state index in [4.69, 9.17) is 18.9 Å². The van der Waals surface area contributed by atoms with Gasteiger partial charge in [-0.05, 0) is 44.2 Å². The number of hydrogen-bond donors (Lipinski definition) is 1. The van der Waals surface area contributed by atoms with Gasteiger partial charge in [-0.1, -0.05) is 17.7 Å². The first-order valence-corrected chi connectivity index (χ1v) is 13.4. The van der Waals surface area contributed by atoms with Gasteiger partial charge in [-0.3, -0.25) is 4.79 Å². The molecular weight excluding hydrogens is 524 g/mol. The Morgan fingerprint density at radius 1 is 0.897 bits per heavy atom. The number of nitrogens with zero attached hydrogens (tertiary/aromatic N) is 1. The predicted octanol–water partition coefficient (Wildman–Crippen LogP) is 4.27. The number of anilines is 1. The third-order valence-electron chi connectivity index (χ3n) is 5.92. The fourth-order valence-electron chi connectivity index (χ4n) is 3.81. The number of amides is 1. The van der Waals surface area contributed by atoms with Gasteiger partial charge in [0.25, 0.3) is 5.91 Å². The highest BCUT2D eigenvalue weighted by atomic mass is 32.2. The second-order valence-electron chi connectivity index (χ2n) is 8.53. The summed E-state index contributed by atoms with van der Waals surface area (Å²) in [6.07, 6.45) is 0. The first-order chi connectivity index (χ1) is 18.5. The van der Waals surface area contributed by atoms with Crippen molar-refractivity contribution >= 4 is 27.6 Å². The molecule has 0 radical (unpaired) electrons. The summed E-state index contributed by atoms with van der Waals surface area (Å²) in [5.74, 6) is -0.184. The van der Waals surface area contributed by atoms with Crippen molar-refractivity contribution < 1.29 is 37.0 Å². The van der Waals surface area contributed by atoms with E-state index >= 15 is 0 Å². The first kappa shape index (κ1) is 29.5. The largest absolute Gasteiger partial charge is 0.494 e. The Kier molecular flexibility index (Phi) is 9.55. The smallest absolute Gasteiger partial charge is 0.340 e. The predicted molar refractivity (Wildman–Crippen MR) is 146 cm³/mol. The molecule has 11 heteroatoms. The maximum atomic E-state index is 13.3. The summed E-state index contributed by atoms with van der Waals surface area (Å²) in [5.41, 5.74) is 1.87. The molecule has 208 valence electrons. The van der Waals surface area contributed by atoms with Crippen LogP contribution in [-0.2, 0) is 21.3 Å². The topological polar surface area (TPSA) is 120 Å². The number of aryl methyl sites for hydroxylation is 1. The molecule has 0 unspecified atom stereocenters. The Morgan fingerprint density at radius 2 is 1.54 bits per heavy atom. The molecule has 3 aromatic carbocycles. The summed E-state index contributed by atoms with van der Waals surface area (Å²) in [6.45, 7) is 3.99. The van der Waals surface area contributed by atoms with E-state index in [9.17, 15) is 18.0 Å². The lowest BCUT2D eigenvalue weighted by Gasteiger charge is -2.20. The van der Waals surface area contributed by atoms with Gasteiger partial charge in [0.1, 0.15) is 5.75 Å². The second-order valence-corrected chi connectivity index (χ2v) is 10.6. The zero-order valence-corrected chi connectivity index (χ0v) is 23.5. The maximum Gasteiger partial charge on any atom is 0.340 e. The fraction of sp³-hybridized carbons (Fsp3) is 0.286. The quantitative estimate of drug-likeness (QED) is 0.348. The van der Waals surface area contributed by atoms with E-state index in [1.807, 2.05) is 13.8 Å². The number of benzene rings is 3. The lowest BCUT2D eigenvalue weighted by atomic mass is 10.1. The molecule has 0 aromatic heterocycles. The van der Waals surface area contributed by atoms with Crippen molar-refractivity contribution in [2.45, 2.75) is 25.3 Å². The van der Waals surface area contributed by atoms with Gasteiger partial charge < -0.3 is 24.3 Å². The molecule has 0 fully saturated rings. The third kappa shape index (κ3) is 6.68. The van der Waals surface area contributed by atoms with Crippen LogP contribution in [0.3, 0.4) is 0 Å². The van der Waals surface area contributed by atoms with Gasteiger partial charge in [0.2, 0.25) is 10.0 Å². The number of sulfonamides is 1. The lowest BCUT2D eigenvalue weighted by Crippen LogP contribution is -2.27. The zero-order valence-electron chi connectivity index (χ0n) is 22.7. The monoisotopic (exact) mass is 556 g/mol. The van der Waals surface area contributed by atoms with Crippen LogP contribution in [0.15, 0.2) is 59.5 Å². The van der Waals surface area contributed by atoms with E-state index in [0.717, 1.165) is 5.56 Å². The highest BCUT2D eigenvalue weighted by Gasteiger charge is 2.24. The Bertz CT molecular complexity index is 1450. The van der Waals surface area contributed by atoms with Gasteiger partial charge in [0.05, 0.1) is 44.1 Å². The average molecular weight is 557 g/mol. The molecule has 0 aliphatic carbocycles. The van der Waals surface area contributed by atoms with Gasteiger partial charge in [-0.2, -0.15) is 4.31 Å². The number of nitrogens with one attached hydrogen (secondary N) is 1. The van der Waals surface area contributed by atoms with Crippen molar-refractivity contribution in [3.63, 3.8) is 0 Å². The SMILES string of the molecule is CCOc1ccc(C(=O)Nc2cc(OC)c(OC)cc2C(=O)OC)cc1CN(C)S(=O)(=O)c1ccc(C)cc1. The van der Waals surface area contributed by atoms with Crippen molar-refractivity contribution in [3.8, 4) is 17.2 Å². The van der Waals surface area contributed by atoms with E-state index < -0.39 is 21.9 Å². The van der Waals surface area contributed by atoms with Crippen LogP contribution in [0.1, 0.15) is 38.8 Å². The molecule has 0 bridgehead atoms. The molecule has 0 saturated heterocycles. The van der Waals surface area contributed by atoms with Crippen LogP contribution in [0, 0.1) is 6.92 Å². The van der Waals surface area contributed by atoms with Crippen LogP contribution in [-0.4, -0.2) is 59.6 Å². The highest BCUT2D eigenvalue weighted by molar-refractivity contribution is 7.89. The van der Waals surface area contributed by atoms with Crippen LogP contribution in [0.25, 0.3) is 0 Å². The molecule has 10 nitrogen and oxygen atoms in total. The molecule has 0 aliphatic rings. The zero-order chi connectivity index (χ0) is 28.7. The highest BCUT2D eigenvalue weighted by Crippen LogP contribution is 2.34. The van der Waals surface area contributed by atoms with Crippen LogP contribution in [0.4, 0.5) is 5.69 Å². The fourth-order valence-corrected chi connectivity index (χ4v) is 4.96. The maximum absolute atomic E-state index is 13.3. The number of ether oxygens (including phenoxy) is 4. The summed E-state index contributed by atoms with van der Waals surface area (Å²) in [4.78, 5) is 25.8. The van der Waals surface area contributed by atoms with Crippen LogP contribution < -0.4 is 19.5 Å². The Balaban J connectivity index is 1.95. The van der Waals surface area contributed by atoms with Crippen molar-refractivity contribution in [2.75, 3.05) is 40.3 Å². The van der Waals surface area contributed by atoms with Gasteiger partial charge in [-0.25, -0.2) is 13.2 Å². The van der Waals surface area contributed by atoms with E-state index in [0.29, 0.717) is 23.7 Å². The minimum absolute atomic E-state index is 0.0452. The van der Waals surface area contributed by atoms with Gasteiger partial charge >= 0.3 is 5.97 Å². The van der Waals surface area contributed by atoms with E-state index in [2.05, 4.69) is 5.32 Å². The first-order valence-electron chi connectivity index (χ1n) is 12.0. The number of carbonyl (C=O) groups excluding carboxylic acids is 2.